The molecule has 1 fully saturated rings. The number of benzene rings is 1. The van der Waals surface area contributed by atoms with E-state index in [4.69, 9.17) is 20.9 Å². The van der Waals surface area contributed by atoms with Crippen molar-refractivity contribution < 1.29 is 18.8 Å². The van der Waals surface area contributed by atoms with Crippen LogP contribution in [0.1, 0.15) is 31.6 Å². The summed E-state index contributed by atoms with van der Waals surface area (Å²) in [6, 6.07) is 6.97. The van der Waals surface area contributed by atoms with Crippen LogP contribution < -0.4 is 5.32 Å². The van der Waals surface area contributed by atoms with Crippen molar-refractivity contribution in [2.24, 2.45) is 0 Å². The number of rotatable bonds is 5. The fraction of sp³-hybridized carbons (Fsp3) is 0.444. The topological polar surface area (TPSA) is 97.6 Å². The Morgan fingerprint density at radius 1 is 1.30 bits per heavy atom. The Morgan fingerprint density at radius 2 is 2.00 bits per heavy atom. The van der Waals surface area contributed by atoms with Crippen LogP contribution in [0.25, 0.3) is 11.4 Å². The molecule has 2 amide bonds. The second kappa shape index (κ2) is 8.85. The minimum Gasteiger partial charge on any atom is -0.465 e. The number of urea groups is 1. The summed E-state index contributed by atoms with van der Waals surface area (Å²) in [5.74, 6) is 0.761. The van der Waals surface area contributed by atoms with Crippen LogP contribution in [0, 0.1) is 0 Å². The van der Waals surface area contributed by atoms with Gasteiger partial charge in [-0.05, 0) is 44.0 Å². The van der Waals surface area contributed by atoms with Gasteiger partial charge in [-0.2, -0.15) is 4.98 Å². The third-order valence-electron chi connectivity index (χ3n) is 4.36. The molecule has 2 heterocycles. The molecule has 1 saturated heterocycles. The van der Waals surface area contributed by atoms with Crippen molar-refractivity contribution in [1.82, 2.24) is 20.4 Å². The van der Waals surface area contributed by atoms with Crippen molar-refractivity contribution in [1.29, 1.82) is 0 Å². The van der Waals surface area contributed by atoms with Gasteiger partial charge in [-0.1, -0.05) is 16.8 Å². The number of hydrogen-bond acceptors (Lipinski definition) is 6. The van der Waals surface area contributed by atoms with E-state index in [0.717, 1.165) is 18.4 Å². The first-order valence-corrected chi connectivity index (χ1v) is 9.22. The molecule has 9 heteroatoms. The van der Waals surface area contributed by atoms with Crippen LogP contribution >= 0.6 is 11.6 Å². The molecule has 0 aliphatic carbocycles. The molecule has 0 saturated carbocycles. The molecule has 1 N–H and O–H groups in total. The van der Waals surface area contributed by atoms with E-state index in [2.05, 4.69) is 15.5 Å². The van der Waals surface area contributed by atoms with Gasteiger partial charge in [0.1, 0.15) is 6.54 Å². The monoisotopic (exact) mass is 392 g/mol. The number of hydrogen-bond donors (Lipinski definition) is 1. The molecule has 0 unspecified atom stereocenters. The lowest BCUT2D eigenvalue weighted by atomic mass is 9.97. The second-order valence-electron chi connectivity index (χ2n) is 6.19. The number of amides is 2. The number of carbonyl (C=O) groups excluding carboxylic acids is 2. The van der Waals surface area contributed by atoms with Gasteiger partial charge in [0, 0.05) is 29.6 Å². The Hall–Kier alpha value is -2.61. The molecule has 1 aliphatic heterocycles. The van der Waals surface area contributed by atoms with Crippen molar-refractivity contribution in [2.75, 3.05) is 26.2 Å². The molecule has 0 atom stereocenters. The van der Waals surface area contributed by atoms with Gasteiger partial charge in [0.25, 0.3) is 0 Å². The number of likely N-dealkylation sites (tertiary alicyclic amines) is 1. The first-order chi connectivity index (χ1) is 13.1. The summed E-state index contributed by atoms with van der Waals surface area (Å²) >= 11 is 5.89. The van der Waals surface area contributed by atoms with Crippen molar-refractivity contribution in [3.63, 3.8) is 0 Å². The molecule has 2 aromatic rings. The van der Waals surface area contributed by atoms with Gasteiger partial charge in [-0.25, -0.2) is 4.79 Å². The molecule has 144 valence electrons. The van der Waals surface area contributed by atoms with E-state index in [0.29, 0.717) is 36.4 Å². The lowest BCUT2D eigenvalue weighted by Gasteiger charge is -2.30. The number of nitrogens with zero attached hydrogens (tertiary/aromatic N) is 3. The van der Waals surface area contributed by atoms with Gasteiger partial charge in [0.15, 0.2) is 0 Å². The zero-order valence-corrected chi connectivity index (χ0v) is 15.7. The number of piperidine rings is 1. The fourth-order valence-electron chi connectivity index (χ4n) is 2.92. The number of carbonyl (C=O) groups is 2. The quantitative estimate of drug-likeness (QED) is 0.786. The number of aromatic nitrogens is 2. The summed E-state index contributed by atoms with van der Waals surface area (Å²) in [7, 11) is 0. The first kappa shape index (κ1) is 19.2. The molecule has 1 aromatic heterocycles. The number of nitrogens with one attached hydrogen (secondary N) is 1. The van der Waals surface area contributed by atoms with Crippen LogP contribution in [-0.2, 0) is 9.53 Å². The number of ether oxygens (including phenoxy) is 1. The van der Waals surface area contributed by atoms with Crippen molar-refractivity contribution in [2.45, 2.75) is 25.7 Å². The summed E-state index contributed by atoms with van der Waals surface area (Å²) < 4.78 is 10.2. The molecule has 1 aliphatic rings. The van der Waals surface area contributed by atoms with Crippen LogP contribution in [0.4, 0.5) is 4.79 Å². The van der Waals surface area contributed by atoms with Crippen molar-refractivity contribution >= 4 is 23.6 Å². The largest absolute Gasteiger partial charge is 0.465 e. The predicted molar refractivity (Wildman–Crippen MR) is 98.3 cm³/mol. The van der Waals surface area contributed by atoms with E-state index in [9.17, 15) is 9.59 Å². The summed E-state index contributed by atoms with van der Waals surface area (Å²) in [5, 5.41) is 7.26. The van der Waals surface area contributed by atoms with E-state index in [1.54, 1.807) is 24.0 Å². The van der Waals surface area contributed by atoms with E-state index < -0.39 is 5.97 Å². The average molecular weight is 393 g/mol. The highest BCUT2D eigenvalue weighted by atomic mass is 35.5. The fourth-order valence-corrected chi connectivity index (χ4v) is 3.04. The third-order valence-corrected chi connectivity index (χ3v) is 4.62. The molecular weight excluding hydrogens is 372 g/mol. The van der Waals surface area contributed by atoms with Crippen LogP contribution in [0.2, 0.25) is 5.02 Å². The van der Waals surface area contributed by atoms with Gasteiger partial charge in [0.2, 0.25) is 11.7 Å². The maximum atomic E-state index is 12.1. The molecule has 0 spiro atoms. The Bertz CT molecular complexity index is 785. The van der Waals surface area contributed by atoms with Gasteiger partial charge in [-0.15, -0.1) is 0 Å². The minimum atomic E-state index is -0.443. The molecule has 8 nitrogen and oxygen atoms in total. The molecule has 27 heavy (non-hydrogen) atoms. The van der Waals surface area contributed by atoms with E-state index in [1.807, 2.05) is 12.1 Å². The highest BCUT2D eigenvalue weighted by molar-refractivity contribution is 6.30. The minimum absolute atomic E-state index is 0.104. The predicted octanol–water partition coefficient (Wildman–Crippen LogP) is 2.84. The standard InChI is InChI=1S/C18H21ClN4O4/c1-2-26-15(24)11-20-18(25)23-9-7-13(8-10-23)17-21-16(22-27-17)12-3-5-14(19)6-4-12/h3-6,13H,2,7-11H2,1H3,(H,20,25). The summed E-state index contributed by atoms with van der Waals surface area (Å²) in [6.45, 7) is 3.00. The van der Waals surface area contributed by atoms with E-state index in [1.165, 1.54) is 0 Å². The zero-order chi connectivity index (χ0) is 19.2. The van der Waals surface area contributed by atoms with Gasteiger partial charge in [0.05, 0.1) is 6.61 Å². The number of halogens is 1. The zero-order valence-electron chi connectivity index (χ0n) is 15.0. The number of esters is 1. The Labute approximate surface area is 161 Å². The first-order valence-electron chi connectivity index (χ1n) is 8.84. The van der Waals surface area contributed by atoms with Crippen LogP contribution in [0.15, 0.2) is 28.8 Å². The highest BCUT2D eigenvalue weighted by Crippen LogP contribution is 2.28. The van der Waals surface area contributed by atoms with Crippen molar-refractivity contribution in [3.8, 4) is 11.4 Å². The lowest BCUT2D eigenvalue weighted by Crippen LogP contribution is -2.45. The van der Waals surface area contributed by atoms with Gasteiger partial charge >= 0.3 is 12.0 Å². The molecule has 0 bridgehead atoms. The molecule has 3 rings (SSSR count). The van der Waals surface area contributed by atoms with Crippen LogP contribution in [0.5, 0.6) is 0 Å². The Kier molecular flexibility index (Phi) is 6.28. The molecule has 1 aromatic carbocycles. The smallest absolute Gasteiger partial charge is 0.325 e. The van der Waals surface area contributed by atoms with Crippen LogP contribution in [0.3, 0.4) is 0 Å². The van der Waals surface area contributed by atoms with E-state index in [-0.39, 0.29) is 18.5 Å². The Balaban J connectivity index is 1.51. The summed E-state index contributed by atoms with van der Waals surface area (Å²) in [5.41, 5.74) is 0.838. The molecule has 0 radical (unpaired) electrons. The third kappa shape index (κ3) is 4.97. The maximum Gasteiger partial charge on any atom is 0.325 e. The Morgan fingerprint density at radius 3 is 2.67 bits per heavy atom. The van der Waals surface area contributed by atoms with Crippen LogP contribution in [-0.4, -0.2) is 53.3 Å². The van der Waals surface area contributed by atoms with Gasteiger partial charge < -0.3 is 19.5 Å². The second-order valence-corrected chi connectivity index (χ2v) is 6.62. The summed E-state index contributed by atoms with van der Waals surface area (Å²) in [4.78, 5) is 29.6. The van der Waals surface area contributed by atoms with Gasteiger partial charge in [-0.3, -0.25) is 4.79 Å². The average Bonchev–Trinajstić information content (AvgIpc) is 3.17. The van der Waals surface area contributed by atoms with Crippen molar-refractivity contribution in [3.05, 3.63) is 35.2 Å². The normalized spacial score (nSPS) is 14.8. The summed E-state index contributed by atoms with van der Waals surface area (Å²) in [6.07, 6.45) is 1.43. The van der Waals surface area contributed by atoms with E-state index >= 15 is 0 Å². The lowest BCUT2D eigenvalue weighted by molar-refractivity contribution is -0.141. The maximum absolute atomic E-state index is 12.1. The molecular formula is C18H21ClN4O4. The highest BCUT2D eigenvalue weighted by Gasteiger charge is 2.27. The SMILES string of the molecule is CCOC(=O)CNC(=O)N1CCC(c2nc(-c3ccc(Cl)cc3)no2)CC1.